The van der Waals surface area contributed by atoms with E-state index in [0.29, 0.717) is 5.39 Å². The van der Waals surface area contributed by atoms with Gasteiger partial charge in [0.15, 0.2) is 0 Å². The van der Waals surface area contributed by atoms with Crippen LogP contribution in [-0.4, -0.2) is 23.3 Å². The van der Waals surface area contributed by atoms with Crippen LogP contribution in [0.15, 0.2) is 30.5 Å². The van der Waals surface area contributed by atoms with Gasteiger partial charge in [-0.15, -0.1) is 0 Å². The molecule has 3 nitrogen and oxygen atoms in total. The molecule has 2 heterocycles. The van der Waals surface area contributed by atoms with Gasteiger partial charge in [-0.1, -0.05) is 18.2 Å². The first-order chi connectivity index (χ1) is 9.32. The number of pyridine rings is 1. The van der Waals surface area contributed by atoms with Crippen molar-refractivity contribution in [3.8, 4) is 0 Å². The third kappa shape index (κ3) is 1.93. The van der Waals surface area contributed by atoms with Crippen LogP contribution in [0.25, 0.3) is 10.8 Å². The second-order valence-electron chi connectivity index (χ2n) is 6.14. The Morgan fingerprint density at radius 1 is 1.00 bits per heavy atom. The summed E-state index contributed by atoms with van der Waals surface area (Å²) in [5.41, 5.74) is -0.0824. The lowest BCUT2D eigenvalue weighted by atomic mass is 9.77. The summed E-state index contributed by atoms with van der Waals surface area (Å²) in [4.78, 5) is 3.82. The minimum Gasteiger partial charge on any atom is -0.399 e. The lowest BCUT2D eigenvalue weighted by Crippen LogP contribution is -2.41. The predicted molar refractivity (Wildman–Crippen MR) is 77.4 cm³/mol. The maximum absolute atomic E-state index is 13.8. The number of fused-ring (bicyclic) bond motifs is 1. The van der Waals surface area contributed by atoms with Crippen molar-refractivity contribution in [2.24, 2.45) is 0 Å². The van der Waals surface area contributed by atoms with Crippen LogP contribution in [-0.2, 0) is 9.31 Å². The van der Waals surface area contributed by atoms with Gasteiger partial charge in [0.2, 0.25) is 5.95 Å². The van der Waals surface area contributed by atoms with Gasteiger partial charge >= 0.3 is 7.12 Å². The molecule has 0 spiro atoms. The van der Waals surface area contributed by atoms with Gasteiger partial charge in [0, 0.05) is 17.0 Å². The Bertz CT molecular complexity index is 656. The van der Waals surface area contributed by atoms with Crippen LogP contribution in [0, 0.1) is 5.95 Å². The standard InChI is InChI=1S/C15H17BFNO2/c1-14(2)15(3,4)20-16(19-14)12-9-18-13(17)11-8-6-5-7-10(11)12/h5-9H,1-4H3. The van der Waals surface area contributed by atoms with Crippen molar-refractivity contribution in [3.63, 3.8) is 0 Å². The lowest BCUT2D eigenvalue weighted by molar-refractivity contribution is 0.00578. The van der Waals surface area contributed by atoms with Crippen LogP contribution >= 0.6 is 0 Å². The smallest absolute Gasteiger partial charge is 0.399 e. The molecule has 104 valence electrons. The molecule has 1 aromatic heterocycles. The van der Waals surface area contributed by atoms with Crippen LogP contribution in [0.2, 0.25) is 0 Å². The lowest BCUT2D eigenvalue weighted by Gasteiger charge is -2.32. The highest BCUT2D eigenvalue weighted by Gasteiger charge is 2.52. The van der Waals surface area contributed by atoms with E-state index in [1.165, 1.54) is 6.20 Å². The molecule has 0 N–H and O–H groups in total. The van der Waals surface area contributed by atoms with Gasteiger partial charge < -0.3 is 9.31 Å². The number of benzene rings is 1. The third-order valence-electron chi connectivity index (χ3n) is 4.28. The fourth-order valence-corrected chi connectivity index (χ4v) is 2.34. The van der Waals surface area contributed by atoms with E-state index < -0.39 is 24.3 Å². The van der Waals surface area contributed by atoms with E-state index in [1.807, 2.05) is 39.8 Å². The molecular weight excluding hydrogens is 256 g/mol. The Labute approximate surface area is 118 Å². The summed E-state index contributed by atoms with van der Waals surface area (Å²) in [6.07, 6.45) is 1.50. The summed E-state index contributed by atoms with van der Waals surface area (Å²) in [6.45, 7) is 7.97. The molecule has 0 saturated carbocycles. The molecule has 5 heteroatoms. The summed E-state index contributed by atoms with van der Waals surface area (Å²) < 4.78 is 25.8. The minimum atomic E-state index is -0.530. The Balaban J connectivity index is 2.11. The first kappa shape index (κ1) is 13.5. The fraction of sp³-hybridized carbons (Fsp3) is 0.400. The average molecular weight is 273 g/mol. The molecule has 20 heavy (non-hydrogen) atoms. The molecule has 0 bridgehead atoms. The zero-order valence-corrected chi connectivity index (χ0v) is 12.1. The van der Waals surface area contributed by atoms with Crippen molar-refractivity contribution >= 4 is 23.4 Å². The van der Waals surface area contributed by atoms with E-state index in [2.05, 4.69) is 4.98 Å². The summed E-state index contributed by atoms with van der Waals surface area (Å²) in [5, 5.41) is 1.26. The van der Waals surface area contributed by atoms with E-state index in [9.17, 15) is 4.39 Å². The van der Waals surface area contributed by atoms with E-state index in [4.69, 9.17) is 9.31 Å². The van der Waals surface area contributed by atoms with Gasteiger partial charge in [0.1, 0.15) is 0 Å². The molecule has 0 atom stereocenters. The predicted octanol–water partition coefficient (Wildman–Crippen LogP) is 2.67. The van der Waals surface area contributed by atoms with Crippen LogP contribution in [0.3, 0.4) is 0 Å². The Morgan fingerprint density at radius 3 is 2.15 bits per heavy atom. The van der Waals surface area contributed by atoms with Gasteiger partial charge in [-0.25, -0.2) is 4.98 Å². The fourth-order valence-electron chi connectivity index (χ4n) is 2.34. The highest BCUT2D eigenvalue weighted by atomic mass is 19.1. The minimum absolute atomic E-state index is 0.423. The summed E-state index contributed by atoms with van der Waals surface area (Å²) in [5.74, 6) is -0.471. The maximum Gasteiger partial charge on any atom is 0.497 e. The Morgan fingerprint density at radius 2 is 1.55 bits per heavy atom. The number of hydrogen-bond donors (Lipinski definition) is 0. The quantitative estimate of drug-likeness (QED) is 0.591. The molecule has 1 aromatic carbocycles. The number of rotatable bonds is 1. The number of hydrogen-bond acceptors (Lipinski definition) is 3. The number of halogens is 1. The SMILES string of the molecule is CC1(C)OB(c2cnc(F)c3ccccc23)OC1(C)C. The number of aromatic nitrogens is 1. The average Bonchev–Trinajstić information content (AvgIpc) is 2.59. The molecule has 1 saturated heterocycles. The van der Waals surface area contributed by atoms with Gasteiger partial charge in [-0.05, 0) is 39.1 Å². The van der Waals surface area contributed by atoms with Gasteiger partial charge in [0.05, 0.1) is 11.2 Å². The maximum atomic E-state index is 13.8. The highest BCUT2D eigenvalue weighted by Crippen LogP contribution is 2.36. The summed E-state index contributed by atoms with van der Waals surface area (Å²) >= 11 is 0. The van der Waals surface area contributed by atoms with Crippen LogP contribution in [0.5, 0.6) is 0 Å². The van der Waals surface area contributed by atoms with Crippen LogP contribution in [0.4, 0.5) is 4.39 Å². The molecule has 3 rings (SSSR count). The molecule has 1 aliphatic heterocycles. The van der Waals surface area contributed by atoms with E-state index >= 15 is 0 Å². The third-order valence-corrected chi connectivity index (χ3v) is 4.28. The first-order valence-corrected chi connectivity index (χ1v) is 6.71. The molecule has 0 aliphatic carbocycles. The summed E-state index contributed by atoms with van der Waals surface area (Å²) in [6, 6.07) is 7.24. The first-order valence-electron chi connectivity index (χ1n) is 6.71. The molecule has 0 unspecified atom stereocenters. The van der Waals surface area contributed by atoms with Gasteiger partial charge in [-0.2, -0.15) is 4.39 Å². The van der Waals surface area contributed by atoms with Crippen molar-refractivity contribution in [2.45, 2.75) is 38.9 Å². The number of nitrogens with zero attached hydrogens (tertiary/aromatic N) is 1. The van der Waals surface area contributed by atoms with Crippen molar-refractivity contribution < 1.29 is 13.7 Å². The Hall–Kier alpha value is -1.46. The molecule has 0 radical (unpaired) electrons. The molecule has 2 aromatic rings. The van der Waals surface area contributed by atoms with E-state index in [0.717, 1.165) is 10.8 Å². The van der Waals surface area contributed by atoms with Crippen molar-refractivity contribution in [1.29, 1.82) is 0 Å². The van der Waals surface area contributed by atoms with E-state index in [-0.39, 0.29) is 0 Å². The monoisotopic (exact) mass is 273 g/mol. The summed E-state index contributed by atoms with van der Waals surface area (Å²) in [7, 11) is -0.530. The second kappa shape index (κ2) is 4.27. The van der Waals surface area contributed by atoms with Gasteiger partial charge in [-0.3, -0.25) is 0 Å². The van der Waals surface area contributed by atoms with Gasteiger partial charge in [0.25, 0.3) is 0 Å². The molecule has 1 fully saturated rings. The molecular formula is C15H17BFNO2. The van der Waals surface area contributed by atoms with Crippen molar-refractivity contribution in [1.82, 2.24) is 4.98 Å². The molecule has 0 amide bonds. The Kier molecular flexibility index (Phi) is 2.89. The zero-order valence-electron chi connectivity index (χ0n) is 12.1. The van der Waals surface area contributed by atoms with Crippen LogP contribution < -0.4 is 5.46 Å². The van der Waals surface area contributed by atoms with Crippen LogP contribution in [0.1, 0.15) is 27.7 Å². The van der Waals surface area contributed by atoms with Crippen molar-refractivity contribution in [2.75, 3.05) is 0 Å². The zero-order chi connectivity index (χ0) is 14.5. The molecule has 1 aliphatic rings. The normalized spacial score (nSPS) is 20.6. The topological polar surface area (TPSA) is 31.4 Å². The highest BCUT2D eigenvalue weighted by molar-refractivity contribution is 6.65. The largest absolute Gasteiger partial charge is 0.497 e. The van der Waals surface area contributed by atoms with Crippen molar-refractivity contribution in [3.05, 3.63) is 36.4 Å². The second-order valence-corrected chi connectivity index (χ2v) is 6.14. The van der Waals surface area contributed by atoms with E-state index in [1.54, 1.807) is 12.1 Å².